The van der Waals surface area contributed by atoms with E-state index in [4.69, 9.17) is 4.74 Å². The Hall–Kier alpha value is -2.71. The van der Waals surface area contributed by atoms with Crippen LogP contribution < -0.4 is 5.32 Å². The number of rotatable bonds is 11. The standard InChI is InChI=1S/C26H32N2O5.BrH/c1-3-33-26(32)23(14-13-19-9-5-4-6-10-19)27-18(2)25(31)28(17-24(29)30)22-15-20-11-7-8-12-21(20)16-22;/h4-12,18,22-23,27H,3,13-17H2,1-2H3,(H,29,30);1H/t18-,23+;/m0./s1. The van der Waals surface area contributed by atoms with E-state index in [-0.39, 0.29) is 42.1 Å². The molecule has 0 aliphatic heterocycles. The van der Waals surface area contributed by atoms with Crippen LogP contribution in [0.5, 0.6) is 0 Å². The number of carboxylic acids is 1. The Balaban J connectivity index is 0.00000408. The van der Waals surface area contributed by atoms with Crippen molar-refractivity contribution in [2.24, 2.45) is 0 Å². The third-order valence-electron chi connectivity index (χ3n) is 6.02. The lowest BCUT2D eigenvalue weighted by Crippen LogP contribution is -2.54. The highest BCUT2D eigenvalue weighted by atomic mass is 79.9. The Morgan fingerprint density at radius 2 is 1.65 bits per heavy atom. The van der Waals surface area contributed by atoms with Crippen LogP contribution in [0.2, 0.25) is 0 Å². The number of carbonyl (C=O) groups is 3. The molecule has 8 heteroatoms. The van der Waals surface area contributed by atoms with Crippen LogP contribution in [0.3, 0.4) is 0 Å². The summed E-state index contributed by atoms with van der Waals surface area (Å²) >= 11 is 0. The van der Waals surface area contributed by atoms with E-state index in [0.717, 1.165) is 16.7 Å². The van der Waals surface area contributed by atoms with Crippen molar-refractivity contribution >= 4 is 34.8 Å². The molecule has 0 saturated heterocycles. The molecule has 2 aromatic rings. The molecule has 2 aromatic carbocycles. The summed E-state index contributed by atoms with van der Waals surface area (Å²) in [5.74, 6) is -1.80. The number of nitrogens with zero attached hydrogens (tertiary/aromatic N) is 1. The zero-order chi connectivity index (χ0) is 23.8. The van der Waals surface area contributed by atoms with Crippen molar-refractivity contribution in [3.63, 3.8) is 0 Å². The summed E-state index contributed by atoms with van der Waals surface area (Å²) in [4.78, 5) is 38.9. The first-order chi connectivity index (χ1) is 15.9. The summed E-state index contributed by atoms with van der Waals surface area (Å²) in [5, 5.41) is 12.6. The van der Waals surface area contributed by atoms with E-state index >= 15 is 0 Å². The first-order valence-electron chi connectivity index (χ1n) is 11.4. The van der Waals surface area contributed by atoms with E-state index in [1.54, 1.807) is 13.8 Å². The Bertz CT molecular complexity index is 944. The van der Waals surface area contributed by atoms with Crippen molar-refractivity contribution in [1.82, 2.24) is 10.2 Å². The van der Waals surface area contributed by atoms with E-state index in [2.05, 4.69) is 5.32 Å². The molecule has 2 atom stereocenters. The molecular formula is C26H33BrN2O5. The normalized spacial score (nSPS) is 14.4. The summed E-state index contributed by atoms with van der Waals surface area (Å²) in [5.41, 5.74) is 3.36. The number of hydrogen-bond acceptors (Lipinski definition) is 5. The van der Waals surface area contributed by atoms with Gasteiger partial charge in [-0.2, -0.15) is 0 Å². The number of fused-ring (bicyclic) bond motifs is 1. The van der Waals surface area contributed by atoms with E-state index in [1.807, 2.05) is 54.6 Å². The number of halogens is 1. The first-order valence-corrected chi connectivity index (χ1v) is 11.4. The highest BCUT2D eigenvalue weighted by molar-refractivity contribution is 8.93. The fourth-order valence-electron chi connectivity index (χ4n) is 4.38. The molecule has 184 valence electrons. The predicted molar refractivity (Wildman–Crippen MR) is 135 cm³/mol. The van der Waals surface area contributed by atoms with E-state index in [1.165, 1.54) is 4.90 Å². The molecule has 0 bridgehead atoms. The maximum absolute atomic E-state index is 13.4. The molecule has 34 heavy (non-hydrogen) atoms. The van der Waals surface area contributed by atoms with Crippen LogP contribution in [0.1, 0.15) is 37.0 Å². The van der Waals surface area contributed by atoms with Crippen molar-refractivity contribution in [2.75, 3.05) is 13.2 Å². The van der Waals surface area contributed by atoms with Crippen LogP contribution >= 0.6 is 17.0 Å². The molecule has 1 aliphatic carbocycles. The number of ether oxygens (including phenoxy) is 1. The molecule has 0 unspecified atom stereocenters. The number of carbonyl (C=O) groups excluding carboxylic acids is 2. The van der Waals surface area contributed by atoms with Gasteiger partial charge in [-0.05, 0) is 56.2 Å². The third-order valence-corrected chi connectivity index (χ3v) is 6.02. The molecule has 0 saturated carbocycles. The molecule has 1 aliphatic rings. The number of esters is 1. The molecular weight excluding hydrogens is 500 g/mol. The number of amides is 1. The number of nitrogens with one attached hydrogen (secondary N) is 1. The van der Waals surface area contributed by atoms with Crippen molar-refractivity contribution in [1.29, 1.82) is 0 Å². The number of hydrogen-bond donors (Lipinski definition) is 2. The summed E-state index contributed by atoms with van der Waals surface area (Å²) in [6.07, 6.45) is 2.36. The van der Waals surface area contributed by atoms with Gasteiger partial charge in [-0.1, -0.05) is 54.6 Å². The molecule has 1 amide bonds. The number of benzene rings is 2. The molecule has 0 fully saturated rings. The van der Waals surface area contributed by atoms with Crippen molar-refractivity contribution in [3.05, 3.63) is 71.3 Å². The van der Waals surface area contributed by atoms with Crippen LogP contribution in [-0.2, 0) is 38.4 Å². The topological polar surface area (TPSA) is 95.9 Å². The second kappa shape index (κ2) is 13.2. The molecule has 3 rings (SSSR count). The van der Waals surface area contributed by atoms with Gasteiger partial charge in [-0.25, -0.2) is 0 Å². The lowest BCUT2D eigenvalue weighted by atomic mass is 10.0. The van der Waals surface area contributed by atoms with Gasteiger partial charge in [0.15, 0.2) is 0 Å². The lowest BCUT2D eigenvalue weighted by Gasteiger charge is -2.31. The highest BCUT2D eigenvalue weighted by Gasteiger charge is 2.34. The fraction of sp³-hybridized carbons (Fsp3) is 0.423. The summed E-state index contributed by atoms with van der Waals surface area (Å²) < 4.78 is 5.22. The minimum atomic E-state index is -1.06. The van der Waals surface area contributed by atoms with Gasteiger partial charge in [-0.15, -0.1) is 17.0 Å². The molecule has 7 nitrogen and oxygen atoms in total. The van der Waals surface area contributed by atoms with E-state index in [0.29, 0.717) is 25.7 Å². The van der Waals surface area contributed by atoms with Gasteiger partial charge in [0.1, 0.15) is 12.6 Å². The molecule has 2 N–H and O–H groups in total. The van der Waals surface area contributed by atoms with E-state index in [9.17, 15) is 19.5 Å². The summed E-state index contributed by atoms with van der Waals surface area (Å²) in [6, 6.07) is 16.1. The molecule has 0 radical (unpaired) electrons. The SMILES string of the molecule is Br.CCOC(=O)[C@@H](CCc1ccccc1)N[C@@H](C)C(=O)N(CC(=O)O)C1Cc2ccccc2C1. The Morgan fingerprint density at radius 3 is 2.21 bits per heavy atom. The summed E-state index contributed by atoms with van der Waals surface area (Å²) in [6.45, 7) is 3.29. The van der Waals surface area contributed by atoms with Crippen LogP contribution in [0.4, 0.5) is 0 Å². The fourth-order valence-corrected chi connectivity index (χ4v) is 4.38. The number of aryl methyl sites for hydroxylation is 1. The predicted octanol–water partition coefficient (Wildman–Crippen LogP) is 3.19. The highest BCUT2D eigenvalue weighted by Crippen LogP contribution is 2.26. The van der Waals surface area contributed by atoms with Gasteiger partial charge in [0.05, 0.1) is 12.6 Å². The number of aliphatic carboxylic acids is 1. The van der Waals surface area contributed by atoms with Gasteiger partial charge >= 0.3 is 11.9 Å². The van der Waals surface area contributed by atoms with E-state index < -0.39 is 24.0 Å². The van der Waals surface area contributed by atoms with Crippen molar-refractivity contribution in [3.8, 4) is 0 Å². The van der Waals surface area contributed by atoms with Crippen LogP contribution in [0.15, 0.2) is 54.6 Å². The Kier molecular flexibility index (Phi) is 10.7. The van der Waals surface area contributed by atoms with Crippen molar-refractivity contribution < 1.29 is 24.2 Å². The molecule has 0 aromatic heterocycles. The zero-order valence-corrected chi connectivity index (χ0v) is 21.3. The lowest BCUT2D eigenvalue weighted by molar-refractivity contribution is -0.149. The maximum atomic E-state index is 13.4. The Labute approximate surface area is 211 Å². The van der Waals surface area contributed by atoms with Gasteiger partial charge in [-0.3, -0.25) is 19.7 Å². The average Bonchev–Trinajstić information content (AvgIpc) is 3.24. The van der Waals surface area contributed by atoms with Crippen LogP contribution in [0.25, 0.3) is 0 Å². The largest absolute Gasteiger partial charge is 0.480 e. The van der Waals surface area contributed by atoms with Gasteiger partial charge in [0.25, 0.3) is 0 Å². The minimum Gasteiger partial charge on any atom is -0.480 e. The van der Waals surface area contributed by atoms with Crippen LogP contribution in [-0.4, -0.2) is 59.1 Å². The van der Waals surface area contributed by atoms with Crippen molar-refractivity contribution in [2.45, 2.75) is 57.7 Å². The maximum Gasteiger partial charge on any atom is 0.323 e. The van der Waals surface area contributed by atoms with Gasteiger partial charge < -0.3 is 14.7 Å². The van der Waals surface area contributed by atoms with Crippen LogP contribution in [0, 0.1) is 0 Å². The smallest absolute Gasteiger partial charge is 0.323 e. The number of carboxylic acid groups (broad SMARTS) is 1. The monoisotopic (exact) mass is 532 g/mol. The quantitative estimate of drug-likeness (QED) is 0.431. The Morgan fingerprint density at radius 1 is 1.06 bits per heavy atom. The second-order valence-corrected chi connectivity index (χ2v) is 8.41. The molecule has 0 spiro atoms. The zero-order valence-electron chi connectivity index (χ0n) is 19.6. The van der Waals surface area contributed by atoms with Gasteiger partial charge in [0.2, 0.25) is 5.91 Å². The first kappa shape index (κ1) is 27.5. The summed E-state index contributed by atoms with van der Waals surface area (Å²) in [7, 11) is 0. The average molecular weight is 533 g/mol. The third kappa shape index (κ3) is 7.40. The minimum absolute atomic E-state index is 0. The second-order valence-electron chi connectivity index (χ2n) is 8.41. The molecule has 0 heterocycles. The van der Waals surface area contributed by atoms with Gasteiger partial charge in [0, 0.05) is 6.04 Å².